The lowest BCUT2D eigenvalue weighted by molar-refractivity contribution is 0.590. The molecule has 36 heavy (non-hydrogen) atoms. The van der Waals surface area contributed by atoms with Gasteiger partial charge >= 0.3 is 0 Å². The Labute approximate surface area is 222 Å². The molecule has 0 amide bonds. The highest BCUT2D eigenvalue weighted by molar-refractivity contribution is 6.31. The van der Waals surface area contributed by atoms with Crippen LogP contribution in [0.15, 0.2) is 58.7 Å². The van der Waals surface area contributed by atoms with Crippen molar-refractivity contribution >= 4 is 28.7 Å². The Morgan fingerprint density at radius 3 is 2.50 bits per heavy atom. The molecule has 1 unspecified atom stereocenters. The van der Waals surface area contributed by atoms with E-state index in [2.05, 4.69) is 36.8 Å². The standard InChI is InChI=1S/C22H25ClFN.C10H17N/c1-5-6-7-18-19-12-16(23)9-11-20(19)25-22(18)15(4)17-10-8-13(2)14(3)21(17)24;1-5-7-10(4)11-8-9(3)6-2/h8-12,15,25H,5-7H2,1-4H3;6-8H,5H2,1-4H3/b;9-6-,10-7+,11-8+. The Bertz CT molecular complexity index is 1250. The van der Waals surface area contributed by atoms with Crippen LogP contribution in [0.1, 0.15) is 94.7 Å². The topological polar surface area (TPSA) is 28.1 Å². The van der Waals surface area contributed by atoms with Crippen molar-refractivity contribution in [3.05, 3.63) is 92.5 Å². The highest BCUT2D eigenvalue weighted by Gasteiger charge is 2.21. The number of halogens is 2. The SMILES string of the molecule is CCCCc1c(C(C)c2ccc(C)c(C)c2F)[nH]c2ccc(Cl)cc12.C\C=C(C)/C=N/C(C)=C/CC. The third-order valence-electron chi connectivity index (χ3n) is 6.69. The van der Waals surface area contributed by atoms with Gasteiger partial charge in [0.05, 0.1) is 0 Å². The maximum atomic E-state index is 14.9. The zero-order valence-electron chi connectivity index (χ0n) is 23.2. The molecule has 0 aliphatic rings. The van der Waals surface area contributed by atoms with E-state index in [0.29, 0.717) is 0 Å². The van der Waals surface area contributed by atoms with Gasteiger partial charge in [0.25, 0.3) is 0 Å². The first-order valence-electron chi connectivity index (χ1n) is 13.0. The molecule has 1 atom stereocenters. The minimum Gasteiger partial charge on any atom is -0.358 e. The molecule has 4 heteroatoms. The van der Waals surface area contributed by atoms with E-state index in [0.717, 1.165) is 69.7 Å². The van der Waals surface area contributed by atoms with Gasteiger partial charge in [0.1, 0.15) is 5.82 Å². The van der Waals surface area contributed by atoms with Gasteiger partial charge in [-0.2, -0.15) is 0 Å². The molecule has 1 heterocycles. The number of unbranched alkanes of at least 4 members (excludes halogenated alkanes) is 1. The van der Waals surface area contributed by atoms with Crippen LogP contribution >= 0.6 is 11.6 Å². The van der Waals surface area contributed by atoms with E-state index in [1.165, 1.54) is 11.1 Å². The molecule has 0 saturated heterocycles. The van der Waals surface area contributed by atoms with Gasteiger partial charge in [0, 0.05) is 39.4 Å². The van der Waals surface area contributed by atoms with Crippen LogP contribution in [-0.2, 0) is 6.42 Å². The van der Waals surface area contributed by atoms with Crippen molar-refractivity contribution in [3.63, 3.8) is 0 Å². The Hall–Kier alpha value is -2.65. The van der Waals surface area contributed by atoms with Crippen molar-refractivity contribution < 1.29 is 4.39 Å². The van der Waals surface area contributed by atoms with E-state index < -0.39 is 0 Å². The Kier molecular flexibility index (Phi) is 11.7. The van der Waals surface area contributed by atoms with Gasteiger partial charge in [-0.15, -0.1) is 0 Å². The maximum absolute atomic E-state index is 14.9. The zero-order valence-corrected chi connectivity index (χ0v) is 24.0. The molecular formula is C32H42ClFN2. The first-order valence-corrected chi connectivity index (χ1v) is 13.4. The number of hydrogen-bond donors (Lipinski definition) is 1. The number of hydrogen-bond acceptors (Lipinski definition) is 1. The number of aryl methyl sites for hydroxylation is 2. The summed E-state index contributed by atoms with van der Waals surface area (Å²) in [6.07, 6.45) is 10.3. The summed E-state index contributed by atoms with van der Waals surface area (Å²) in [6, 6.07) is 9.86. The fourth-order valence-electron chi connectivity index (χ4n) is 4.15. The van der Waals surface area contributed by atoms with Crippen molar-refractivity contribution in [2.24, 2.45) is 4.99 Å². The monoisotopic (exact) mass is 508 g/mol. The van der Waals surface area contributed by atoms with Crippen LogP contribution in [0.5, 0.6) is 0 Å². The number of fused-ring (bicyclic) bond motifs is 1. The molecule has 0 bridgehead atoms. The van der Waals surface area contributed by atoms with Crippen LogP contribution in [0, 0.1) is 19.7 Å². The summed E-state index contributed by atoms with van der Waals surface area (Å²) in [7, 11) is 0. The minimum atomic E-state index is -0.0920. The van der Waals surface area contributed by atoms with Gasteiger partial charge in [0.2, 0.25) is 0 Å². The van der Waals surface area contributed by atoms with Crippen molar-refractivity contribution in [1.29, 1.82) is 0 Å². The molecule has 2 nitrogen and oxygen atoms in total. The van der Waals surface area contributed by atoms with Crippen molar-refractivity contribution in [2.45, 2.75) is 87.0 Å². The molecular weight excluding hydrogens is 467 g/mol. The minimum absolute atomic E-state index is 0.0302. The molecule has 0 saturated carbocycles. The number of H-pyrrole nitrogens is 1. The number of allylic oxidation sites excluding steroid dienone is 4. The van der Waals surface area contributed by atoms with Crippen molar-refractivity contribution in [3.8, 4) is 0 Å². The van der Waals surface area contributed by atoms with Crippen LogP contribution in [0.3, 0.4) is 0 Å². The fourth-order valence-corrected chi connectivity index (χ4v) is 4.32. The zero-order chi connectivity index (χ0) is 26.8. The highest BCUT2D eigenvalue weighted by atomic mass is 35.5. The molecule has 3 rings (SSSR count). The number of aromatic amines is 1. The molecule has 0 spiro atoms. The van der Waals surface area contributed by atoms with Crippen LogP contribution in [-0.4, -0.2) is 11.2 Å². The molecule has 0 aliphatic heterocycles. The van der Waals surface area contributed by atoms with Crippen molar-refractivity contribution in [2.75, 3.05) is 0 Å². The smallest absolute Gasteiger partial charge is 0.130 e. The largest absolute Gasteiger partial charge is 0.358 e. The number of nitrogens with zero attached hydrogens (tertiary/aromatic N) is 1. The molecule has 2 aromatic carbocycles. The van der Waals surface area contributed by atoms with Crippen LogP contribution in [0.2, 0.25) is 5.02 Å². The third-order valence-corrected chi connectivity index (χ3v) is 6.93. The van der Waals surface area contributed by atoms with E-state index in [9.17, 15) is 4.39 Å². The summed E-state index contributed by atoms with van der Waals surface area (Å²) in [5.41, 5.74) is 8.21. The van der Waals surface area contributed by atoms with E-state index in [4.69, 9.17) is 11.6 Å². The Balaban J connectivity index is 0.000000352. The van der Waals surface area contributed by atoms with Gasteiger partial charge in [0.15, 0.2) is 0 Å². The summed E-state index contributed by atoms with van der Waals surface area (Å²) in [5, 5.41) is 1.90. The predicted octanol–water partition coefficient (Wildman–Crippen LogP) is 10.4. The average molecular weight is 509 g/mol. The summed E-state index contributed by atoms with van der Waals surface area (Å²) in [4.78, 5) is 7.79. The van der Waals surface area contributed by atoms with E-state index >= 15 is 0 Å². The van der Waals surface area contributed by atoms with Gasteiger partial charge in [-0.25, -0.2) is 4.39 Å². The van der Waals surface area contributed by atoms with E-state index in [1.54, 1.807) is 0 Å². The molecule has 1 N–H and O–H groups in total. The molecule has 1 aromatic heterocycles. The normalized spacial score (nSPS) is 13.3. The lowest BCUT2D eigenvalue weighted by Crippen LogP contribution is -2.05. The number of nitrogens with one attached hydrogen (secondary N) is 1. The fraction of sp³-hybridized carbons (Fsp3) is 0.406. The molecule has 0 radical (unpaired) electrons. The number of rotatable bonds is 8. The quantitative estimate of drug-likeness (QED) is 0.293. The molecule has 0 fully saturated rings. The average Bonchev–Trinajstić information content (AvgIpc) is 3.22. The second-order valence-electron chi connectivity index (χ2n) is 9.49. The lowest BCUT2D eigenvalue weighted by atomic mass is 9.90. The van der Waals surface area contributed by atoms with Gasteiger partial charge < -0.3 is 4.98 Å². The Morgan fingerprint density at radius 1 is 1.14 bits per heavy atom. The maximum Gasteiger partial charge on any atom is 0.130 e. The Morgan fingerprint density at radius 2 is 1.86 bits per heavy atom. The van der Waals surface area contributed by atoms with Gasteiger partial charge in [-0.05, 0) is 99.9 Å². The highest BCUT2D eigenvalue weighted by Crippen LogP contribution is 2.35. The summed E-state index contributed by atoms with van der Waals surface area (Å²) < 4.78 is 14.9. The van der Waals surface area contributed by atoms with Crippen LogP contribution in [0.4, 0.5) is 4.39 Å². The van der Waals surface area contributed by atoms with E-state index in [1.807, 2.05) is 77.2 Å². The van der Waals surface area contributed by atoms with E-state index in [-0.39, 0.29) is 11.7 Å². The van der Waals surface area contributed by atoms with Crippen molar-refractivity contribution in [1.82, 2.24) is 4.98 Å². The lowest BCUT2D eigenvalue weighted by Gasteiger charge is -2.16. The summed E-state index contributed by atoms with van der Waals surface area (Å²) >= 11 is 6.22. The molecule has 194 valence electrons. The van der Waals surface area contributed by atoms with Gasteiger partial charge in [-0.3, -0.25) is 4.99 Å². The van der Waals surface area contributed by atoms with Gasteiger partial charge in [-0.1, -0.05) is 63.1 Å². The molecule has 3 aromatic rings. The predicted molar refractivity (Wildman–Crippen MR) is 157 cm³/mol. The third kappa shape index (κ3) is 7.67. The number of benzene rings is 2. The molecule has 0 aliphatic carbocycles. The first-order chi connectivity index (χ1) is 17.1. The summed E-state index contributed by atoms with van der Waals surface area (Å²) in [6.45, 7) is 16.3. The van der Waals surface area contributed by atoms with Crippen LogP contribution < -0.4 is 0 Å². The number of aliphatic imine (C=N–C) groups is 1. The first kappa shape index (κ1) is 29.6. The second-order valence-corrected chi connectivity index (χ2v) is 9.92. The summed E-state index contributed by atoms with van der Waals surface area (Å²) in [5.74, 6) is -0.122. The van der Waals surface area contributed by atoms with Crippen LogP contribution in [0.25, 0.3) is 10.9 Å². The number of aromatic nitrogens is 1. The second kappa shape index (κ2) is 14.2.